The van der Waals surface area contributed by atoms with Gasteiger partial charge in [0.05, 0.1) is 27.1 Å². The molecule has 2 N–H and O–H groups in total. The molecule has 0 aliphatic carbocycles. The summed E-state index contributed by atoms with van der Waals surface area (Å²) in [7, 11) is 0. The molecule has 2 atom stereocenters. The molecule has 1 saturated heterocycles. The van der Waals surface area contributed by atoms with Crippen molar-refractivity contribution in [3.63, 3.8) is 0 Å². The number of aromatic nitrogens is 2. The van der Waals surface area contributed by atoms with Gasteiger partial charge >= 0.3 is 6.09 Å². The summed E-state index contributed by atoms with van der Waals surface area (Å²) >= 11 is 2.04. The summed E-state index contributed by atoms with van der Waals surface area (Å²) in [6.07, 6.45) is -0.0284. The Kier molecular flexibility index (Phi) is 5.99. The topological polar surface area (TPSA) is 87.3 Å². The van der Waals surface area contributed by atoms with Crippen LogP contribution in [0.2, 0.25) is 0 Å². The number of H-pyrrole nitrogens is 1. The number of carbonyl (C=O) groups excluding carboxylic acids is 1. The molecule has 0 saturated carbocycles. The number of benzene rings is 1. The number of nitrogens with one attached hydrogen (secondary N) is 2. The van der Waals surface area contributed by atoms with E-state index in [1.807, 2.05) is 22.6 Å². The van der Waals surface area contributed by atoms with Crippen LogP contribution in [-0.2, 0) is 4.74 Å². The van der Waals surface area contributed by atoms with E-state index in [2.05, 4.69) is 15.3 Å². The first-order valence-corrected chi connectivity index (χ1v) is 11.3. The van der Waals surface area contributed by atoms with Crippen molar-refractivity contribution in [1.82, 2.24) is 14.9 Å². The highest BCUT2D eigenvalue weighted by Gasteiger charge is 2.34. The maximum Gasteiger partial charge on any atom is 0.410 e. The molecule has 0 radical (unpaired) electrons. The Labute approximate surface area is 196 Å². The average Bonchev–Trinajstić information content (AvgIpc) is 2.70. The summed E-state index contributed by atoms with van der Waals surface area (Å²) in [6.45, 7) is 5.50. The van der Waals surface area contributed by atoms with Crippen LogP contribution in [0.4, 0.5) is 19.4 Å². The van der Waals surface area contributed by atoms with Crippen LogP contribution in [0.25, 0.3) is 21.7 Å². The van der Waals surface area contributed by atoms with E-state index >= 15 is 4.39 Å². The van der Waals surface area contributed by atoms with Crippen LogP contribution in [0.3, 0.4) is 0 Å². The van der Waals surface area contributed by atoms with Crippen LogP contribution in [0.15, 0.2) is 29.2 Å². The zero-order valence-electron chi connectivity index (χ0n) is 17.8. The number of hydrogen-bond acceptors (Lipinski definition) is 5. The molecule has 170 valence electrons. The van der Waals surface area contributed by atoms with E-state index < -0.39 is 29.7 Å². The molecule has 0 bridgehead atoms. The lowest BCUT2D eigenvalue weighted by Gasteiger charge is -2.36. The number of likely N-dealkylation sites (tertiary alicyclic amines) is 1. The molecule has 1 amide bonds. The van der Waals surface area contributed by atoms with Crippen LogP contribution in [0, 0.1) is 9.39 Å². The molecule has 1 aliphatic heterocycles. The van der Waals surface area contributed by atoms with Crippen molar-refractivity contribution in [2.24, 2.45) is 0 Å². The van der Waals surface area contributed by atoms with Gasteiger partial charge in [-0.05, 0) is 68.0 Å². The number of halogens is 3. The second kappa shape index (κ2) is 8.45. The SMILES string of the molecule is CC(C)(C)OC(=O)N1CC[C@@H](Nc2nc3c(I)c[nH]c(=O)c3c3cc(F)ccc23)[C@H](F)C1. The molecule has 3 heterocycles. The number of piperidine rings is 1. The summed E-state index contributed by atoms with van der Waals surface area (Å²) in [5.74, 6) is -0.113. The number of aromatic amines is 1. The molecule has 32 heavy (non-hydrogen) atoms. The van der Waals surface area contributed by atoms with Gasteiger partial charge in [-0.25, -0.2) is 18.6 Å². The molecule has 4 rings (SSSR count). The quantitative estimate of drug-likeness (QED) is 0.357. The standard InChI is InChI=1S/C22H23F2IN4O3/c1-22(2,3)32-21(31)29-7-6-16(14(24)10-29)27-19-12-5-4-11(23)8-13(12)17-18(28-19)15(25)9-26-20(17)30/h4-5,8-9,14,16H,6-7,10H2,1-3H3,(H,26,30)(H,27,28)/t14-,16-/m1/s1. The maximum absolute atomic E-state index is 15.0. The number of nitrogens with zero attached hydrogens (tertiary/aromatic N) is 2. The lowest BCUT2D eigenvalue weighted by atomic mass is 10.0. The molecule has 0 spiro atoms. The van der Waals surface area contributed by atoms with Crippen molar-refractivity contribution in [2.75, 3.05) is 18.4 Å². The van der Waals surface area contributed by atoms with Gasteiger partial charge in [0.2, 0.25) is 0 Å². The second-order valence-electron chi connectivity index (χ2n) is 8.82. The van der Waals surface area contributed by atoms with E-state index in [1.165, 1.54) is 29.3 Å². The predicted molar refractivity (Wildman–Crippen MR) is 127 cm³/mol. The normalized spacial score (nSPS) is 19.4. The summed E-state index contributed by atoms with van der Waals surface area (Å²) in [4.78, 5) is 33.3. The Morgan fingerprint density at radius 3 is 2.78 bits per heavy atom. The number of rotatable bonds is 2. The first kappa shape index (κ1) is 22.7. The van der Waals surface area contributed by atoms with Crippen molar-refractivity contribution in [3.05, 3.63) is 44.1 Å². The van der Waals surface area contributed by atoms with Gasteiger partial charge in [0.1, 0.15) is 23.4 Å². The summed E-state index contributed by atoms with van der Waals surface area (Å²) < 4.78 is 35.1. The van der Waals surface area contributed by atoms with Gasteiger partial charge in [-0.3, -0.25) is 4.79 Å². The van der Waals surface area contributed by atoms with Gasteiger partial charge in [0.25, 0.3) is 5.56 Å². The predicted octanol–water partition coefficient (Wildman–Crippen LogP) is 4.58. The Balaban J connectivity index is 1.66. The fraction of sp³-hybridized carbons (Fsp3) is 0.409. The van der Waals surface area contributed by atoms with Crippen molar-refractivity contribution >= 4 is 56.2 Å². The van der Waals surface area contributed by atoms with E-state index in [-0.39, 0.29) is 17.5 Å². The second-order valence-corrected chi connectivity index (χ2v) is 9.98. The van der Waals surface area contributed by atoms with Gasteiger partial charge in [0.15, 0.2) is 0 Å². The van der Waals surface area contributed by atoms with E-state index in [4.69, 9.17) is 4.74 Å². The summed E-state index contributed by atoms with van der Waals surface area (Å²) in [6, 6.07) is 3.49. The summed E-state index contributed by atoms with van der Waals surface area (Å²) in [5, 5.41) is 4.35. The van der Waals surface area contributed by atoms with Crippen LogP contribution in [0.1, 0.15) is 27.2 Å². The van der Waals surface area contributed by atoms with Gasteiger partial charge in [-0.2, -0.15) is 0 Å². The fourth-order valence-electron chi connectivity index (χ4n) is 3.80. The highest BCUT2D eigenvalue weighted by Crippen LogP contribution is 2.31. The van der Waals surface area contributed by atoms with Crippen molar-refractivity contribution in [2.45, 2.75) is 45.0 Å². The minimum Gasteiger partial charge on any atom is -0.444 e. The van der Waals surface area contributed by atoms with Crippen LogP contribution in [-0.4, -0.2) is 51.9 Å². The molecule has 0 unspecified atom stereocenters. The molecule has 1 aromatic carbocycles. The zero-order valence-corrected chi connectivity index (χ0v) is 20.0. The number of carbonyl (C=O) groups is 1. The van der Waals surface area contributed by atoms with Gasteiger partial charge in [-0.1, -0.05) is 0 Å². The Hall–Kier alpha value is -2.50. The lowest BCUT2D eigenvalue weighted by Crippen LogP contribution is -2.51. The van der Waals surface area contributed by atoms with E-state index in [1.54, 1.807) is 20.8 Å². The number of anilines is 1. The third-order valence-corrected chi connectivity index (χ3v) is 6.09. The molecular formula is C22H23F2IN4O3. The van der Waals surface area contributed by atoms with Crippen molar-refractivity contribution in [1.29, 1.82) is 0 Å². The lowest BCUT2D eigenvalue weighted by molar-refractivity contribution is 0.0125. The van der Waals surface area contributed by atoms with Gasteiger partial charge in [0, 0.05) is 23.5 Å². The van der Waals surface area contributed by atoms with Gasteiger partial charge in [-0.15, -0.1) is 0 Å². The van der Waals surface area contributed by atoms with Crippen molar-refractivity contribution in [3.8, 4) is 0 Å². The molecular weight excluding hydrogens is 533 g/mol. The summed E-state index contributed by atoms with van der Waals surface area (Å²) in [5.41, 5.74) is -0.614. The minimum absolute atomic E-state index is 0.107. The first-order valence-electron chi connectivity index (χ1n) is 10.2. The first-order chi connectivity index (χ1) is 15.0. The van der Waals surface area contributed by atoms with Crippen molar-refractivity contribution < 1.29 is 18.3 Å². The van der Waals surface area contributed by atoms with Crippen LogP contribution >= 0.6 is 22.6 Å². The Morgan fingerprint density at radius 2 is 2.09 bits per heavy atom. The number of hydrogen-bond donors (Lipinski definition) is 2. The third-order valence-electron chi connectivity index (χ3n) is 5.26. The largest absolute Gasteiger partial charge is 0.444 e. The molecule has 1 aliphatic rings. The number of ether oxygens (including phenoxy) is 1. The van der Waals surface area contributed by atoms with Gasteiger partial charge < -0.3 is 19.9 Å². The Bertz CT molecular complexity index is 1260. The highest BCUT2D eigenvalue weighted by atomic mass is 127. The van der Waals surface area contributed by atoms with Crippen LogP contribution < -0.4 is 10.9 Å². The monoisotopic (exact) mass is 556 g/mol. The Morgan fingerprint density at radius 1 is 1.34 bits per heavy atom. The molecule has 1 fully saturated rings. The molecule has 10 heteroatoms. The number of amides is 1. The number of fused-ring (bicyclic) bond motifs is 3. The van der Waals surface area contributed by atoms with Crippen LogP contribution in [0.5, 0.6) is 0 Å². The maximum atomic E-state index is 15.0. The molecule has 7 nitrogen and oxygen atoms in total. The third kappa shape index (κ3) is 4.50. The smallest absolute Gasteiger partial charge is 0.410 e. The fourth-order valence-corrected chi connectivity index (χ4v) is 4.35. The molecule has 2 aromatic heterocycles. The average molecular weight is 556 g/mol. The highest BCUT2D eigenvalue weighted by molar-refractivity contribution is 14.1. The van der Waals surface area contributed by atoms with E-state index in [0.717, 1.165) is 0 Å². The molecule has 3 aromatic rings. The zero-order chi connectivity index (χ0) is 23.2. The number of alkyl halides is 1. The van der Waals surface area contributed by atoms with E-state index in [0.29, 0.717) is 38.6 Å². The van der Waals surface area contributed by atoms with E-state index in [9.17, 15) is 14.0 Å². The minimum atomic E-state index is -1.36. The number of pyridine rings is 2.